The summed E-state index contributed by atoms with van der Waals surface area (Å²) in [6.45, 7) is 0. The topological polar surface area (TPSA) is 92.1 Å². The molecule has 7 heteroatoms. The second-order valence-corrected chi connectivity index (χ2v) is 9.56. The molecule has 0 spiro atoms. The first-order valence-electron chi connectivity index (χ1n) is 11.3. The van der Waals surface area contributed by atoms with Gasteiger partial charge < -0.3 is 21.7 Å². The number of fused-ring (bicyclic) bond motifs is 1. The second-order valence-electron chi connectivity index (χ2n) is 9.56. The van der Waals surface area contributed by atoms with Crippen molar-refractivity contribution in [2.75, 3.05) is 16.0 Å². The van der Waals surface area contributed by atoms with Gasteiger partial charge in [-0.2, -0.15) is 0 Å². The molecule has 3 fully saturated rings. The highest BCUT2D eigenvalue weighted by molar-refractivity contribution is 6.05. The van der Waals surface area contributed by atoms with Gasteiger partial charge in [0.25, 0.3) is 5.91 Å². The average molecular weight is 454 g/mol. The molecule has 0 atom stereocenters. The van der Waals surface area contributed by atoms with Gasteiger partial charge in [0, 0.05) is 51.0 Å². The van der Waals surface area contributed by atoms with Crippen LogP contribution in [0.1, 0.15) is 29.6 Å². The van der Waals surface area contributed by atoms with Crippen LogP contribution < -0.4 is 21.7 Å². The summed E-state index contributed by atoms with van der Waals surface area (Å²) < 4.78 is 13.8. The van der Waals surface area contributed by atoms with E-state index >= 15 is 0 Å². The van der Waals surface area contributed by atoms with Crippen molar-refractivity contribution in [1.82, 2.24) is 4.98 Å². The number of carbonyl (C=O) groups excluding carboxylic acids is 1. The molecule has 3 aliphatic carbocycles. The minimum atomic E-state index is -0.329. The van der Waals surface area contributed by atoms with Crippen molar-refractivity contribution in [3.8, 4) is 0 Å². The van der Waals surface area contributed by atoms with Gasteiger partial charge in [0.1, 0.15) is 5.82 Å². The highest BCUT2D eigenvalue weighted by atomic mass is 19.1. The van der Waals surface area contributed by atoms with Gasteiger partial charge in [0.2, 0.25) is 0 Å². The molecule has 0 saturated heterocycles. The molecule has 3 aromatic carbocycles. The van der Waals surface area contributed by atoms with Crippen LogP contribution in [-0.2, 0) is 0 Å². The number of aromatic nitrogens is 1. The predicted molar refractivity (Wildman–Crippen MR) is 133 cm³/mol. The first-order chi connectivity index (χ1) is 16.4. The number of pyridine rings is 1. The van der Waals surface area contributed by atoms with E-state index in [-0.39, 0.29) is 22.8 Å². The lowest BCUT2D eigenvalue weighted by atomic mass is 9.44. The molecule has 4 aromatic rings. The van der Waals surface area contributed by atoms with E-state index in [4.69, 9.17) is 5.73 Å². The highest BCUT2D eigenvalue weighted by Crippen LogP contribution is 2.60. The zero-order chi connectivity index (χ0) is 23.3. The first kappa shape index (κ1) is 20.6. The molecule has 7 rings (SSSR count). The molecule has 34 heavy (non-hydrogen) atoms. The monoisotopic (exact) mass is 453 g/mol. The smallest absolute Gasteiger partial charge is 0.255 e. The molecule has 1 amide bonds. The molecule has 5 N–H and O–H groups in total. The van der Waals surface area contributed by atoms with Crippen molar-refractivity contribution >= 4 is 39.6 Å². The van der Waals surface area contributed by atoms with Crippen LogP contribution in [0.4, 0.5) is 27.1 Å². The maximum atomic E-state index is 13.8. The van der Waals surface area contributed by atoms with E-state index < -0.39 is 0 Å². The lowest BCUT2D eigenvalue weighted by molar-refractivity contribution is -0.0317. The van der Waals surface area contributed by atoms with Gasteiger partial charge in [-0.05, 0) is 79.9 Å². The SMILES string of the molecule is NC12CC(Nc3cccc(NC(=O)c4cccc(Nc5ccnc6ccc(F)cc56)c4)c3)(C1)C2. The lowest BCUT2D eigenvalue weighted by Crippen LogP contribution is -2.79. The Morgan fingerprint density at radius 2 is 1.68 bits per heavy atom. The van der Waals surface area contributed by atoms with Gasteiger partial charge >= 0.3 is 0 Å². The summed E-state index contributed by atoms with van der Waals surface area (Å²) in [4.78, 5) is 17.2. The molecule has 0 radical (unpaired) electrons. The largest absolute Gasteiger partial charge is 0.379 e. The summed E-state index contributed by atoms with van der Waals surface area (Å²) in [5.74, 6) is -0.539. The maximum absolute atomic E-state index is 13.8. The van der Waals surface area contributed by atoms with Crippen LogP contribution in [0, 0.1) is 5.82 Å². The van der Waals surface area contributed by atoms with Crippen LogP contribution >= 0.6 is 0 Å². The standard InChI is InChI=1S/C27H24FN5O/c28-18-7-8-23-22(12-18)24(9-10-30-23)31-19-4-1-3-17(11-19)25(34)32-20-5-2-6-21(13-20)33-27-14-26(29,15-27)16-27/h1-13,33H,14-16,29H2,(H,30,31)(H,32,34). The highest BCUT2D eigenvalue weighted by Gasteiger charge is 2.66. The van der Waals surface area contributed by atoms with Crippen LogP contribution in [-0.4, -0.2) is 22.0 Å². The van der Waals surface area contributed by atoms with E-state index in [1.807, 2.05) is 36.4 Å². The summed E-state index contributed by atoms with van der Waals surface area (Å²) >= 11 is 0. The van der Waals surface area contributed by atoms with Crippen LogP contribution in [0.25, 0.3) is 10.9 Å². The Balaban J connectivity index is 1.17. The van der Waals surface area contributed by atoms with Crippen LogP contribution in [0.15, 0.2) is 79.0 Å². The number of carbonyl (C=O) groups is 1. The number of nitrogens with two attached hydrogens (primary N) is 1. The molecule has 2 bridgehead atoms. The number of anilines is 4. The van der Waals surface area contributed by atoms with E-state index in [2.05, 4.69) is 20.9 Å². The summed E-state index contributed by atoms with van der Waals surface area (Å²) in [5.41, 5.74) is 10.7. The van der Waals surface area contributed by atoms with Crippen molar-refractivity contribution in [1.29, 1.82) is 0 Å². The van der Waals surface area contributed by atoms with Crippen molar-refractivity contribution < 1.29 is 9.18 Å². The fourth-order valence-electron chi connectivity index (χ4n) is 5.30. The lowest BCUT2D eigenvalue weighted by Gasteiger charge is -2.69. The molecule has 6 nitrogen and oxygen atoms in total. The number of nitrogens with zero attached hydrogens (tertiary/aromatic N) is 1. The number of benzene rings is 3. The van der Waals surface area contributed by atoms with Crippen LogP contribution in [0.5, 0.6) is 0 Å². The minimum Gasteiger partial charge on any atom is -0.379 e. The van der Waals surface area contributed by atoms with E-state index in [9.17, 15) is 9.18 Å². The summed E-state index contributed by atoms with van der Waals surface area (Å²) in [5, 5.41) is 10.5. The van der Waals surface area contributed by atoms with Crippen molar-refractivity contribution in [2.24, 2.45) is 5.73 Å². The molecule has 0 unspecified atom stereocenters. The van der Waals surface area contributed by atoms with Gasteiger partial charge in [-0.1, -0.05) is 12.1 Å². The molecule has 170 valence electrons. The number of rotatable bonds is 6. The Morgan fingerprint density at radius 3 is 2.50 bits per heavy atom. The van der Waals surface area contributed by atoms with E-state index in [1.54, 1.807) is 30.5 Å². The second kappa shape index (κ2) is 7.53. The Kier molecular flexibility index (Phi) is 4.57. The normalized spacial score (nSPS) is 22.4. The van der Waals surface area contributed by atoms with Crippen LogP contribution in [0.2, 0.25) is 0 Å². The molecule has 3 aliphatic rings. The van der Waals surface area contributed by atoms with Crippen molar-refractivity contribution in [3.05, 3.63) is 90.4 Å². The fourth-order valence-corrected chi connectivity index (χ4v) is 5.30. The molecule has 0 aliphatic heterocycles. The van der Waals surface area contributed by atoms with Gasteiger partial charge in [-0.25, -0.2) is 4.39 Å². The van der Waals surface area contributed by atoms with Crippen LogP contribution in [0.3, 0.4) is 0 Å². The Hall–Kier alpha value is -3.97. The summed E-state index contributed by atoms with van der Waals surface area (Å²) in [7, 11) is 0. The molecule has 3 saturated carbocycles. The third-order valence-corrected chi connectivity index (χ3v) is 6.71. The van der Waals surface area contributed by atoms with E-state index in [0.29, 0.717) is 22.2 Å². The molecular weight excluding hydrogens is 429 g/mol. The number of amides is 1. The zero-order valence-electron chi connectivity index (χ0n) is 18.4. The van der Waals surface area contributed by atoms with Gasteiger partial charge in [0.15, 0.2) is 0 Å². The predicted octanol–water partition coefficient (Wildman–Crippen LogP) is 5.42. The Labute approximate surface area is 196 Å². The maximum Gasteiger partial charge on any atom is 0.255 e. The van der Waals surface area contributed by atoms with Crippen molar-refractivity contribution in [3.63, 3.8) is 0 Å². The molecule has 1 heterocycles. The van der Waals surface area contributed by atoms with Gasteiger partial charge in [-0.3, -0.25) is 9.78 Å². The Morgan fingerprint density at radius 1 is 0.912 bits per heavy atom. The zero-order valence-corrected chi connectivity index (χ0v) is 18.4. The fraction of sp³-hybridized carbons (Fsp3) is 0.185. The minimum absolute atomic E-state index is 0.0363. The number of nitrogens with one attached hydrogen (secondary N) is 3. The number of hydrogen-bond acceptors (Lipinski definition) is 5. The summed E-state index contributed by atoms with van der Waals surface area (Å²) in [6, 6.07) is 21.2. The molecule has 1 aromatic heterocycles. The van der Waals surface area contributed by atoms with E-state index in [0.717, 1.165) is 36.3 Å². The number of halogens is 1. The van der Waals surface area contributed by atoms with Crippen molar-refractivity contribution in [2.45, 2.75) is 30.3 Å². The third kappa shape index (κ3) is 3.74. The quantitative estimate of drug-likeness (QED) is 0.313. The number of hydrogen-bond donors (Lipinski definition) is 4. The van der Waals surface area contributed by atoms with Gasteiger partial charge in [-0.15, -0.1) is 0 Å². The third-order valence-electron chi connectivity index (χ3n) is 6.71. The Bertz CT molecular complexity index is 1420. The van der Waals surface area contributed by atoms with Gasteiger partial charge in [0.05, 0.1) is 5.52 Å². The first-order valence-corrected chi connectivity index (χ1v) is 11.3. The molecular formula is C27H24FN5O. The summed E-state index contributed by atoms with van der Waals surface area (Å²) in [6.07, 6.45) is 4.65. The van der Waals surface area contributed by atoms with E-state index in [1.165, 1.54) is 12.1 Å². The average Bonchev–Trinajstić information content (AvgIpc) is 2.78.